The summed E-state index contributed by atoms with van der Waals surface area (Å²) in [6.07, 6.45) is 5.98. The molecule has 44 heavy (non-hydrogen) atoms. The maximum Gasteiger partial charge on any atom is 0.162 e. The predicted molar refractivity (Wildman–Crippen MR) is 183 cm³/mol. The molecule has 0 saturated heterocycles. The molecular weight excluding hydrogens is 719 g/mol. The number of rotatable bonds is 9. The Labute approximate surface area is 277 Å². The number of benzene rings is 4. The standard InChI is InChI=1S/C27H23N.C13H24O2.Ir/c1-27(2,3)18-19-15-16-21-20(17-19)9-8-14-24(21)28-25-12-6-4-10-22(25)23-11-5-7-13-26(23)28;1-5-10(6-2)12(14)9-13(15)11(7-3)8-4;/h4-12,15-17H,18H2,1-3H3;9-11,14H,5-8H2,1-4H3;/q-2;;/b;12-9-;. The van der Waals surface area contributed by atoms with Gasteiger partial charge in [-0.1, -0.05) is 90.0 Å². The number of para-hydroxylation sites is 2. The molecule has 1 heterocycles. The van der Waals surface area contributed by atoms with E-state index in [0.717, 1.165) is 43.3 Å². The first-order chi connectivity index (χ1) is 20.6. The van der Waals surface area contributed by atoms with Gasteiger partial charge in [-0.05, 0) is 54.5 Å². The van der Waals surface area contributed by atoms with Crippen molar-refractivity contribution in [1.29, 1.82) is 0 Å². The Kier molecular flexibility index (Phi) is 12.6. The van der Waals surface area contributed by atoms with Crippen molar-refractivity contribution >= 4 is 38.4 Å². The van der Waals surface area contributed by atoms with Crippen molar-refractivity contribution < 1.29 is 30.0 Å². The van der Waals surface area contributed by atoms with E-state index in [1.54, 1.807) is 0 Å². The minimum atomic E-state index is 0. The minimum Gasteiger partial charge on any atom is -0.512 e. The molecule has 3 nitrogen and oxygen atoms in total. The fourth-order valence-electron chi connectivity index (χ4n) is 6.02. The Bertz CT molecular complexity index is 1660. The summed E-state index contributed by atoms with van der Waals surface area (Å²) in [6, 6.07) is 32.8. The smallest absolute Gasteiger partial charge is 0.162 e. The summed E-state index contributed by atoms with van der Waals surface area (Å²) in [7, 11) is 0. The van der Waals surface area contributed by atoms with Crippen molar-refractivity contribution in [3.63, 3.8) is 0 Å². The number of nitrogens with zero attached hydrogens (tertiary/aromatic N) is 1. The summed E-state index contributed by atoms with van der Waals surface area (Å²) < 4.78 is 2.30. The summed E-state index contributed by atoms with van der Waals surface area (Å²) in [4.78, 5) is 11.7. The van der Waals surface area contributed by atoms with Crippen LogP contribution in [0.5, 0.6) is 0 Å². The number of ketones is 1. The summed E-state index contributed by atoms with van der Waals surface area (Å²) in [5, 5.41) is 14.7. The number of allylic oxidation sites excluding steroid dienone is 2. The molecule has 1 radical (unpaired) electrons. The van der Waals surface area contributed by atoms with Crippen molar-refractivity contribution in [1.82, 2.24) is 4.57 Å². The van der Waals surface area contributed by atoms with Crippen LogP contribution in [0.1, 0.15) is 79.7 Å². The van der Waals surface area contributed by atoms with E-state index in [2.05, 4.69) is 98.1 Å². The van der Waals surface area contributed by atoms with Crippen LogP contribution in [0.25, 0.3) is 38.3 Å². The quantitative estimate of drug-likeness (QED) is 0.0922. The van der Waals surface area contributed by atoms with Crippen molar-refractivity contribution in [2.24, 2.45) is 17.3 Å². The molecule has 1 N–H and O–H groups in total. The average Bonchev–Trinajstić information content (AvgIpc) is 3.32. The van der Waals surface area contributed by atoms with E-state index in [1.807, 2.05) is 39.8 Å². The monoisotopic (exact) mass is 766 g/mol. The molecule has 0 aliphatic rings. The van der Waals surface area contributed by atoms with Gasteiger partial charge in [-0.15, -0.1) is 22.2 Å². The first-order valence-corrected chi connectivity index (χ1v) is 15.9. The van der Waals surface area contributed by atoms with Crippen molar-refractivity contribution in [3.05, 3.63) is 102 Å². The van der Waals surface area contributed by atoms with Crippen LogP contribution in [0.15, 0.2) is 84.6 Å². The fourth-order valence-corrected chi connectivity index (χ4v) is 6.02. The van der Waals surface area contributed by atoms with Crippen LogP contribution in [-0.4, -0.2) is 15.5 Å². The van der Waals surface area contributed by atoms with Gasteiger partial charge in [-0.2, -0.15) is 42.5 Å². The number of hydrogen-bond acceptors (Lipinski definition) is 2. The van der Waals surface area contributed by atoms with E-state index in [-0.39, 0.29) is 48.9 Å². The zero-order valence-electron chi connectivity index (χ0n) is 27.3. The molecule has 1 aromatic heterocycles. The fraction of sp³-hybridized carbons (Fsp3) is 0.375. The zero-order chi connectivity index (χ0) is 31.1. The van der Waals surface area contributed by atoms with E-state index in [9.17, 15) is 9.90 Å². The number of carbonyl (C=O) groups excluding carboxylic acids is 1. The van der Waals surface area contributed by atoms with Crippen LogP contribution in [0, 0.1) is 29.4 Å². The average molecular weight is 766 g/mol. The number of aromatic nitrogens is 1. The predicted octanol–water partition coefficient (Wildman–Crippen LogP) is 11.0. The van der Waals surface area contributed by atoms with Crippen LogP contribution in [0.2, 0.25) is 0 Å². The second-order valence-electron chi connectivity index (χ2n) is 12.8. The van der Waals surface area contributed by atoms with E-state index in [4.69, 9.17) is 0 Å². The third kappa shape index (κ3) is 8.09. The molecule has 4 aromatic carbocycles. The third-order valence-corrected chi connectivity index (χ3v) is 8.39. The molecule has 0 saturated carbocycles. The summed E-state index contributed by atoms with van der Waals surface area (Å²) in [5.41, 5.74) is 5.05. The van der Waals surface area contributed by atoms with Gasteiger partial charge in [-0.25, -0.2) is 0 Å². The van der Waals surface area contributed by atoms with E-state index in [0.29, 0.717) is 0 Å². The normalized spacial score (nSPS) is 12.1. The molecule has 5 rings (SSSR count). The molecule has 0 spiro atoms. The van der Waals surface area contributed by atoms with Crippen molar-refractivity contribution in [2.45, 2.75) is 80.6 Å². The SMILES string of the molecule is CC(C)(C)Cc1ccc2c(-n3c4[c-]cccc4c4ccccc43)[c-]ccc2c1.CCC(CC)C(=O)/C=C(\O)C(CC)CC.[Ir]. The molecule has 0 aliphatic carbocycles. The molecule has 235 valence electrons. The number of carbonyl (C=O) groups is 1. The van der Waals surface area contributed by atoms with Crippen LogP contribution < -0.4 is 0 Å². The Morgan fingerprint density at radius 2 is 1.48 bits per heavy atom. The first kappa shape index (κ1) is 35.3. The molecule has 0 bridgehead atoms. The minimum absolute atomic E-state index is 0. The van der Waals surface area contributed by atoms with Crippen LogP contribution >= 0.6 is 0 Å². The molecule has 0 unspecified atom stereocenters. The van der Waals surface area contributed by atoms with Crippen LogP contribution in [-0.2, 0) is 31.3 Å². The largest absolute Gasteiger partial charge is 0.512 e. The second-order valence-corrected chi connectivity index (χ2v) is 12.8. The van der Waals surface area contributed by atoms with Gasteiger partial charge in [0.2, 0.25) is 0 Å². The van der Waals surface area contributed by atoms with Gasteiger partial charge in [-0.3, -0.25) is 4.79 Å². The summed E-state index contributed by atoms with van der Waals surface area (Å²) >= 11 is 0. The zero-order valence-corrected chi connectivity index (χ0v) is 29.7. The Morgan fingerprint density at radius 3 is 2.14 bits per heavy atom. The third-order valence-electron chi connectivity index (χ3n) is 8.39. The van der Waals surface area contributed by atoms with E-state index < -0.39 is 0 Å². The van der Waals surface area contributed by atoms with Crippen LogP contribution in [0.3, 0.4) is 0 Å². The molecule has 4 heteroatoms. The molecule has 0 atom stereocenters. The molecule has 0 aliphatic heterocycles. The molecule has 0 amide bonds. The number of hydrogen-bond donors (Lipinski definition) is 1. The van der Waals surface area contributed by atoms with Gasteiger partial charge in [0.1, 0.15) is 0 Å². The first-order valence-electron chi connectivity index (χ1n) is 15.9. The van der Waals surface area contributed by atoms with Gasteiger partial charge in [0.25, 0.3) is 0 Å². The van der Waals surface area contributed by atoms with Crippen molar-refractivity contribution in [3.8, 4) is 5.69 Å². The summed E-state index contributed by atoms with van der Waals surface area (Å²) in [6.45, 7) is 14.9. The van der Waals surface area contributed by atoms with Gasteiger partial charge in [0.15, 0.2) is 5.78 Å². The number of aliphatic hydroxyl groups excluding tert-OH is 1. The Balaban J connectivity index is 0.000000286. The van der Waals surface area contributed by atoms with Gasteiger partial charge in [0, 0.05) is 43.5 Å². The van der Waals surface area contributed by atoms with Gasteiger partial charge in [0.05, 0.1) is 5.76 Å². The summed E-state index contributed by atoms with van der Waals surface area (Å²) in [5.74, 6) is 0.547. The Hall–Kier alpha value is -3.20. The number of fused-ring (bicyclic) bond motifs is 4. The second kappa shape index (κ2) is 15.7. The maximum absolute atomic E-state index is 11.7. The maximum atomic E-state index is 11.7. The van der Waals surface area contributed by atoms with Crippen molar-refractivity contribution in [2.75, 3.05) is 0 Å². The van der Waals surface area contributed by atoms with E-state index in [1.165, 1.54) is 38.7 Å². The number of aliphatic hydroxyl groups is 1. The van der Waals surface area contributed by atoms with E-state index >= 15 is 0 Å². The van der Waals surface area contributed by atoms with Gasteiger partial charge >= 0.3 is 0 Å². The molecule has 0 fully saturated rings. The molecule has 5 aromatic rings. The Morgan fingerprint density at radius 1 is 0.818 bits per heavy atom. The van der Waals surface area contributed by atoms with Gasteiger partial charge < -0.3 is 9.67 Å². The van der Waals surface area contributed by atoms with Crippen LogP contribution in [0.4, 0.5) is 0 Å². The topological polar surface area (TPSA) is 42.2 Å². The molecular formula is C40H47IrNO2-2.